The van der Waals surface area contributed by atoms with Gasteiger partial charge in [0.25, 0.3) is 0 Å². The van der Waals surface area contributed by atoms with E-state index in [9.17, 15) is 4.79 Å². The van der Waals surface area contributed by atoms with Crippen molar-refractivity contribution < 1.29 is 13.9 Å². The minimum absolute atomic E-state index is 0.0412. The van der Waals surface area contributed by atoms with Gasteiger partial charge in [0, 0.05) is 37.3 Å². The fraction of sp³-hybridized carbons (Fsp3) is 0.435. The van der Waals surface area contributed by atoms with Crippen molar-refractivity contribution in [2.75, 3.05) is 26.3 Å². The second kappa shape index (κ2) is 7.96. The first-order valence-corrected chi connectivity index (χ1v) is 11.3. The first-order chi connectivity index (χ1) is 14.6. The Kier molecular flexibility index (Phi) is 5.16. The van der Waals surface area contributed by atoms with Crippen LogP contribution in [-0.4, -0.2) is 47.3 Å². The van der Waals surface area contributed by atoms with Gasteiger partial charge in [-0.25, -0.2) is 0 Å². The van der Waals surface area contributed by atoms with Gasteiger partial charge in [0.1, 0.15) is 0 Å². The Morgan fingerprint density at radius 1 is 1.20 bits per heavy atom. The predicted octanol–water partition coefficient (Wildman–Crippen LogP) is 4.07. The summed E-state index contributed by atoms with van der Waals surface area (Å²) in [5, 5.41) is 12.8. The largest absolute Gasteiger partial charge is 0.420 e. The van der Waals surface area contributed by atoms with Gasteiger partial charge < -0.3 is 14.1 Å². The van der Waals surface area contributed by atoms with Crippen molar-refractivity contribution in [3.63, 3.8) is 0 Å². The van der Waals surface area contributed by atoms with Gasteiger partial charge in [-0.1, -0.05) is 17.7 Å². The van der Waals surface area contributed by atoms with Crippen LogP contribution in [0.4, 0.5) is 0 Å². The number of hydrogen-bond donors (Lipinski definition) is 0. The molecule has 0 radical (unpaired) electrons. The molecule has 2 aromatic heterocycles. The molecule has 2 fully saturated rings. The molecule has 3 aromatic rings. The highest BCUT2D eigenvalue weighted by atomic mass is 32.1. The van der Waals surface area contributed by atoms with Crippen LogP contribution in [0.2, 0.25) is 0 Å². The van der Waals surface area contributed by atoms with Crippen LogP contribution < -0.4 is 0 Å². The minimum atomic E-state index is -0.0559. The zero-order valence-corrected chi connectivity index (χ0v) is 17.9. The topological polar surface area (TPSA) is 68.5 Å². The number of carbonyl (C=O) groups is 1. The number of amides is 1. The molecule has 156 valence electrons. The van der Waals surface area contributed by atoms with Crippen molar-refractivity contribution in [1.82, 2.24) is 15.1 Å². The maximum atomic E-state index is 13.0. The standard InChI is InChI=1S/C23H25N3O3S/c1-16-2-4-18(5-3-16)21-24-25-22(29-21)19-13-26(15-23(19)7-9-28-10-8-23)20(27)12-17-6-11-30-14-17/h2-6,11,14,19H,7-10,12-13,15H2,1H3. The van der Waals surface area contributed by atoms with Crippen LogP contribution in [0, 0.1) is 12.3 Å². The van der Waals surface area contributed by atoms with Crippen LogP contribution in [-0.2, 0) is 16.0 Å². The summed E-state index contributed by atoms with van der Waals surface area (Å²) in [6, 6.07) is 10.1. The highest BCUT2D eigenvalue weighted by Crippen LogP contribution is 2.49. The molecule has 2 aliphatic heterocycles. The number of benzene rings is 1. The van der Waals surface area contributed by atoms with Gasteiger partial charge in [0.15, 0.2) is 0 Å². The van der Waals surface area contributed by atoms with E-state index in [2.05, 4.69) is 17.1 Å². The molecule has 1 unspecified atom stereocenters. The molecule has 0 N–H and O–H groups in total. The van der Waals surface area contributed by atoms with Gasteiger partial charge in [-0.05, 0) is 54.3 Å². The first kappa shape index (κ1) is 19.5. The average molecular weight is 424 g/mol. The van der Waals surface area contributed by atoms with E-state index in [4.69, 9.17) is 9.15 Å². The maximum absolute atomic E-state index is 13.0. The van der Waals surface area contributed by atoms with Crippen LogP contribution in [0.15, 0.2) is 45.5 Å². The number of aromatic nitrogens is 2. The molecule has 0 bridgehead atoms. The first-order valence-electron chi connectivity index (χ1n) is 10.4. The number of carbonyl (C=O) groups excluding carboxylic acids is 1. The third kappa shape index (κ3) is 3.68. The molecule has 1 aromatic carbocycles. The van der Waals surface area contributed by atoms with Crippen molar-refractivity contribution in [1.29, 1.82) is 0 Å². The Morgan fingerprint density at radius 2 is 2.00 bits per heavy atom. The Morgan fingerprint density at radius 3 is 2.73 bits per heavy atom. The average Bonchev–Trinajstić information content (AvgIpc) is 3.50. The molecule has 4 heterocycles. The molecule has 2 saturated heterocycles. The van der Waals surface area contributed by atoms with E-state index in [1.807, 2.05) is 46.0 Å². The highest BCUT2D eigenvalue weighted by Gasteiger charge is 2.51. The number of ether oxygens (including phenoxy) is 1. The van der Waals surface area contributed by atoms with E-state index < -0.39 is 0 Å². The lowest BCUT2D eigenvalue weighted by atomic mass is 9.72. The normalized spacial score (nSPS) is 20.7. The number of nitrogens with zero attached hydrogens (tertiary/aromatic N) is 3. The van der Waals surface area contributed by atoms with Crippen LogP contribution in [0.3, 0.4) is 0 Å². The molecule has 0 saturated carbocycles. The predicted molar refractivity (Wildman–Crippen MR) is 114 cm³/mol. The van der Waals surface area contributed by atoms with Crippen molar-refractivity contribution >= 4 is 17.2 Å². The van der Waals surface area contributed by atoms with Gasteiger partial charge >= 0.3 is 0 Å². The summed E-state index contributed by atoms with van der Waals surface area (Å²) < 4.78 is 11.8. The van der Waals surface area contributed by atoms with Crippen LogP contribution in [0.1, 0.15) is 35.8 Å². The quantitative estimate of drug-likeness (QED) is 0.633. The summed E-state index contributed by atoms with van der Waals surface area (Å²) in [5.74, 6) is 1.38. The van der Waals surface area contributed by atoms with Gasteiger partial charge in [0.2, 0.25) is 17.7 Å². The van der Waals surface area contributed by atoms with Gasteiger partial charge in [-0.15, -0.1) is 10.2 Å². The smallest absolute Gasteiger partial charge is 0.247 e. The fourth-order valence-electron chi connectivity index (χ4n) is 4.65. The maximum Gasteiger partial charge on any atom is 0.247 e. The summed E-state index contributed by atoms with van der Waals surface area (Å²) in [6.45, 7) is 4.83. The second-order valence-electron chi connectivity index (χ2n) is 8.42. The monoisotopic (exact) mass is 423 g/mol. The number of thiophene rings is 1. The van der Waals surface area contributed by atoms with E-state index in [1.165, 1.54) is 5.56 Å². The van der Waals surface area contributed by atoms with Crippen molar-refractivity contribution in [2.45, 2.75) is 32.1 Å². The molecular weight excluding hydrogens is 398 g/mol. The lowest BCUT2D eigenvalue weighted by Crippen LogP contribution is -2.37. The summed E-state index contributed by atoms with van der Waals surface area (Å²) in [4.78, 5) is 15.0. The van der Waals surface area contributed by atoms with Crippen LogP contribution in [0.5, 0.6) is 0 Å². The zero-order chi connectivity index (χ0) is 20.6. The van der Waals surface area contributed by atoms with E-state index in [-0.39, 0.29) is 17.2 Å². The lowest BCUT2D eigenvalue weighted by Gasteiger charge is -2.36. The SMILES string of the molecule is Cc1ccc(-c2nnc(C3CN(C(=O)Cc4ccsc4)CC34CCOCC4)o2)cc1. The van der Waals surface area contributed by atoms with Crippen LogP contribution >= 0.6 is 11.3 Å². The molecule has 6 nitrogen and oxygen atoms in total. The zero-order valence-electron chi connectivity index (χ0n) is 17.0. The Bertz CT molecular complexity index is 1010. The van der Waals surface area contributed by atoms with Crippen molar-refractivity contribution in [3.8, 4) is 11.5 Å². The molecule has 7 heteroatoms. The third-order valence-electron chi connectivity index (χ3n) is 6.46. The molecule has 5 rings (SSSR count). The van der Waals surface area contributed by atoms with Crippen LogP contribution in [0.25, 0.3) is 11.5 Å². The molecular formula is C23H25N3O3S. The van der Waals surface area contributed by atoms with E-state index >= 15 is 0 Å². The highest BCUT2D eigenvalue weighted by molar-refractivity contribution is 7.08. The fourth-order valence-corrected chi connectivity index (χ4v) is 5.32. The van der Waals surface area contributed by atoms with Gasteiger partial charge in [-0.2, -0.15) is 11.3 Å². The number of rotatable bonds is 4. The number of hydrogen-bond acceptors (Lipinski definition) is 6. The molecule has 2 aliphatic rings. The Hall–Kier alpha value is -2.51. The summed E-state index contributed by atoms with van der Waals surface area (Å²) in [6.07, 6.45) is 2.26. The van der Waals surface area contributed by atoms with Crippen molar-refractivity contribution in [3.05, 3.63) is 58.1 Å². The van der Waals surface area contributed by atoms with E-state index in [0.717, 1.165) is 30.5 Å². The Labute approximate surface area is 179 Å². The lowest BCUT2D eigenvalue weighted by molar-refractivity contribution is -0.130. The molecule has 30 heavy (non-hydrogen) atoms. The molecule has 1 amide bonds. The Balaban J connectivity index is 1.40. The molecule has 1 atom stereocenters. The van der Waals surface area contributed by atoms with E-state index in [0.29, 0.717) is 38.0 Å². The molecule has 0 aliphatic carbocycles. The summed E-state index contributed by atoms with van der Waals surface area (Å²) in [5.41, 5.74) is 3.13. The summed E-state index contributed by atoms with van der Waals surface area (Å²) >= 11 is 1.62. The van der Waals surface area contributed by atoms with Gasteiger partial charge in [0.05, 0.1) is 12.3 Å². The van der Waals surface area contributed by atoms with Crippen molar-refractivity contribution in [2.24, 2.45) is 5.41 Å². The number of aryl methyl sites for hydroxylation is 1. The minimum Gasteiger partial charge on any atom is -0.420 e. The second-order valence-corrected chi connectivity index (χ2v) is 9.20. The molecule has 1 spiro atoms. The van der Waals surface area contributed by atoms with E-state index in [1.54, 1.807) is 11.3 Å². The van der Waals surface area contributed by atoms with Gasteiger partial charge in [-0.3, -0.25) is 4.79 Å². The number of likely N-dealkylation sites (tertiary alicyclic amines) is 1. The third-order valence-corrected chi connectivity index (χ3v) is 7.19. The summed E-state index contributed by atoms with van der Waals surface area (Å²) in [7, 11) is 0.